The van der Waals surface area contributed by atoms with Crippen LogP contribution in [0.5, 0.6) is 11.5 Å². The molecule has 0 fully saturated rings. The molecule has 0 aliphatic carbocycles. The number of hydrogen-bond acceptors (Lipinski definition) is 3. The molecule has 0 aliphatic rings. The van der Waals surface area contributed by atoms with Crippen molar-refractivity contribution in [1.82, 2.24) is 0 Å². The Morgan fingerprint density at radius 2 is 1.78 bits per heavy atom. The van der Waals surface area contributed by atoms with Crippen molar-refractivity contribution in [3.63, 3.8) is 0 Å². The van der Waals surface area contributed by atoms with E-state index in [0.717, 1.165) is 17.1 Å². The molecular weight excluding hydrogens is 224 g/mol. The van der Waals surface area contributed by atoms with Crippen molar-refractivity contribution in [1.29, 1.82) is 5.26 Å². The van der Waals surface area contributed by atoms with Gasteiger partial charge in [0.15, 0.2) is 0 Å². The van der Waals surface area contributed by atoms with Crippen LogP contribution in [0.2, 0.25) is 0 Å². The summed E-state index contributed by atoms with van der Waals surface area (Å²) < 4.78 is 5.71. The molecule has 0 bridgehead atoms. The standard InChI is InChI=1S/C15H14N2O/c16-10-9-15(17)12-5-4-8-14(11-12)18-13-6-2-1-3-7-13/h1-8,11,15H,9,17H2/t15-/m1/s1. The van der Waals surface area contributed by atoms with Gasteiger partial charge in [-0.2, -0.15) is 5.26 Å². The van der Waals surface area contributed by atoms with Gasteiger partial charge in [0.1, 0.15) is 11.5 Å². The van der Waals surface area contributed by atoms with Crippen LogP contribution in [-0.2, 0) is 0 Å². The summed E-state index contributed by atoms with van der Waals surface area (Å²) in [6.45, 7) is 0. The predicted molar refractivity (Wildman–Crippen MR) is 70.1 cm³/mol. The molecule has 90 valence electrons. The summed E-state index contributed by atoms with van der Waals surface area (Å²) in [6.07, 6.45) is 0.300. The third-order valence-corrected chi connectivity index (χ3v) is 2.58. The minimum Gasteiger partial charge on any atom is -0.457 e. The van der Waals surface area contributed by atoms with Crippen molar-refractivity contribution in [2.45, 2.75) is 12.5 Å². The number of benzene rings is 2. The van der Waals surface area contributed by atoms with Gasteiger partial charge in [-0.3, -0.25) is 0 Å². The normalized spacial score (nSPS) is 11.6. The second kappa shape index (κ2) is 5.85. The first-order chi connectivity index (χ1) is 8.79. The van der Waals surface area contributed by atoms with Gasteiger partial charge in [0, 0.05) is 6.04 Å². The van der Waals surface area contributed by atoms with Crippen molar-refractivity contribution < 1.29 is 4.74 Å². The zero-order valence-electron chi connectivity index (χ0n) is 9.91. The van der Waals surface area contributed by atoms with E-state index in [1.807, 2.05) is 54.6 Å². The molecule has 0 radical (unpaired) electrons. The van der Waals surface area contributed by atoms with Crippen molar-refractivity contribution in [2.75, 3.05) is 0 Å². The van der Waals surface area contributed by atoms with Crippen LogP contribution in [0.4, 0.5) is 0 Å². The molecule has 0 amide bonds. The maximum Gasteiger partial charge on any atom is 0.127 e. The summed E-state index contributed by atoms with van der Waals surface area (Å²) in [6, 6.07) is 18.9. The molecule has 1 atom stereocenters. The number of nitrogens with two attached hydrogens (primary N) is 1. The number of hydrogen-bond donors (Lipinski definition) is 1. The SMILES string of the molecule is N#CC[C@@H](N)c1cccc(Oc2ccccc2)c1. The first kappa shape index (κ1) is 12.2. The van der Waals surface area contributed by atoms with Gasteiger partial charge in [-0.1, -0.05) is 30.3 Å². The van der Waals surface area contributed by atoms with Crippen LogP contribution >= 0.6 is 0 Å². The Bertz CT molecular complexity index is 546. The second-order valence-corrected chi connectivity index (χ2v) is 3.96. The Labute approximate surface area is 106 Å². The van der Waals surface area contributed by atoms with E-state index in [-0.39, 0.29) is 6.04 Å². The topological polar surface area (TPSA) is 59.0 Å². The van der Waals surface area contributed by atoms with Crippen molar-refractivity contribution >= 4 is 0 Å². The highest BCUT2D eigenvalue weighted by molar-refractivity contribution is 5.35. The number of para-hydroxylation sites is 1. The molecule has 3 nitrogen and oxygen atoms in total. The lowest BCUT2D eigenvalue weighted by Crippen LogP contribution is -2.08. The summed E-state index contributed by atoms with van der Waals surface area (Å²) in [5.41, 5.74) is 6.80. The minimum atomic E-state index is -0.269. The molecule has 2 aromatic rings. The van der Waals surface area contributed by atoms with Crippen LogP contribution < -0.4 is 10.5 Å². The Morgan fingerprint density at radius 1 is 1.06 bits per heavy atom. The fourth-order valence-corrected chi connectivity index (χ4v) is 1.65. The molecule has 2 rings (SSSR count). The van der Waals surface area contributed by atoms with Crippen LogP contribution in [0.3, 0.4) is 0 Å². The van der Waals surface area contributed by atoms with E-state index >= 15 is 0 Å². The number of nitriles is 1. The monoisotopic (exact) mass is 238 g/mol. The Morgan fingerprint density at radius 3 is 2.50 bits per heavy atom. The second-order valence-electron chi connectivity index (χ2n) is 3.96. The summed E-state index contributed by atoms with van der Waals surface area (Å²) in [5.74, 6) is 1.51. The van der Waals surface area contributed by atoms with E-state index in [9.17, 15) is 0 Å². The molecule has 0 heterocycles. The first-order valence-corrected chi connectivity index (χ1v) is 5.75. The van der Waals surface area contributed by atoms with E-state index in [0.29, 0.717) is 6.42 Å². The predicted octanol–water partition coefficient (Wildman–Crippen LogP) is 3.39. The van der Waals surface area contributed by atoms with Crippen molar-refractivity contribution in [3.8, 4) is 17.6 Å². The molecular formula is C15H14N2O. The zero-order chi connectivity index (χ0) is 12.8. The highest BCUT2D eigenvalue weighted by Crippen LogP contribution is 2.24. The van der Waals surface area contributed by atoms with Gasteiger partial charge in [0.05, 0.1) is 12.5 Å². The third kappa shape index (κ3) is 3.09. The highest BCUT2D eigenvalue weighted by atomic mass is 16.5. The van der Waals surface area contributed by atoms with E-state index in [1.54, 1.807) is 0 Å². The van der Waals surface area contributed by atoms with Gasteiger partial charge < -0.3 is 10.5 Å². The smallest absolute Gasteiger partial charge is 0.127 e. The Hall–Kier alpha value is -2.31. The fraction of sp³-hybridized carbons (Fsp3) is 0.133. The highest BCUT2D eigenvalue weighted by Gasteiger charge is 2.06. The maximum atomic E-state index is 8.64. The number of nitrogens with zero attached hydrogens (tertiary/aromatic N) is 1. The van der Waals surface area contributed by atoms with E-state index in [1.165, 1.54) is 0 Å². The molecule has 0 unspecified atom stereocenters. The molecule has 3 heteroatoms. The molecule has 0 aromatic heterocycles. The van der Waals surface area contributed by atoms with Crippen molar-refractivity contribution in [3.05, 3.63) is 60.2 Å². The molecule has 0 aliphatic heterocycles. The minimum absolute atomic E-state index is 0.269. The molecule has 2 N–H and O–H groups in total. The average molecular weight is 238 g/mol. The van der Waals surface area contributed by atoms with Gasteiger partial charge >= 0.3 is 0 Å². The molecule has 18 heavy (non-hydrogen) atoms. The number of rotatable bonds is 4. The molecule has 0 saturated heterocycles. The fourth-order valence-electron chi connectivity index (χ4n) is 1.65. The Kier molecular flexibility index (Phi) is 3.95. The summed E-state index contributed by atoms with van der Waals surface area (Å²) in [7, 11) is 0. The first-order valence-electron chi connectivity index (χ1n) is 5.75. The molecule has 2 aromatic carbocycles. The summed E-state index contributed by atoms with van der Waals surface area (Å²) in [5, 5.41) is 8.64. The third-order valence-electron chi connectivity index (χ3n) is 2.58. The average Bonchev–Trinajstić information content (AvgIpc) is 2.40. The van der Waals surface area contributed by atoms with Gasteiger partial charge in [-0.05, 0) is 29.8 Å². The largest absolute Gasteiger partial charge is 0.457 e. The van der Waals surface area contributed by atoms with Crippen LogP contribution in [0.1, 0.15) is 18.0 Å². The van der Waals surface area contributed by atoms with Gasteiger partial charge in [-0.25, -0.2) is 0 Å². The van der Waals surface area contributed by atoms with E-state index in [4.69, 9.17) is 15.7 Å². The van der Waals surface area contributed by atoms with E-state index < -0.39 is 0 Å². The lowest BCUT2D eigenvalue weighted by atomic mass is 10.1. The number of ether oxygens (including phenoxy) is 1. The van der Waals surface area contributed by atoms with Crippen LogP contribution in [0, 0.1) is 11.3 Å². The van der Waals surface area contributed by atoms with Gasteiger partial charge in [0.2, 0.25) is 0 Å². The summed E-state index contributed by atoms with van der Waals surface area (Å²) in [4.78, 5) is 0. The zero-order valence-corrected chi connectivity index (χ0v) is 9.91. The molecule has 0 saturated carbocycles. The lowest BCUT2D eigenvalue weighted by Gasteiger charge is -2.10. The van der Waals surface area contributed by atoms with Gasteiger partial charge in [-0.15, -0.1) is 0 Å². The summed E-state index contributed by atoms with van der Waals surface area (Å²) >= 11 is 0. The quantitative estimate of drug-likeness (QED) is 0.888. The lowest BCUT2D eigenvalue weighted by molar-refractivity contribution is 0.481. The Balaban J connectivity index is 2.15. The molecule has 0 spiro atoms. The van der Waals surface area contributed by atoms with E-state index in [2.05, 4.69) is 6.07 Å². The van der Waals surface area contributed by atoms with Crippen LogP contribution in [-0.4, -0.2) is 0 Å². The van der Waals surface area contributed by atoms with Gasteiger partial charge in [0.25, 0.3) is 0 Å². The maximum absolute atomic E-state index is 8.64. The van der Waals surface area contributed by atoms with Crippen molar-refractivity contribution in [2.24, 2.45) is 5.73 Å². The van der Waals surface area contributed by atoms with Crippen LogP contribution in [0.25, 0.3) is 0 Å². The van der Waals surface area contributed by atoms with Crippen LogP contribution in [0.15, 0.2) is 54.6 Å².